The van der Waals surface area contributed by atoms with E-state index in [-0.39, 0.29) is 0 Å². The molecule has 0 atom stereocenters. The first-order valence-electron chi connectivity index (χ1n) is 4.68. The number of hydrogen-bond acceptors (Lipinski definition) is 1. The first-order chi connectivity index (χ1) is 6.63. The van der Waals surface area contributed by atoms with Crippen LogP contribution in [0, 0.1) is 5.92 Å². The monoisotopic (exact) mass is 210 g/mol. The lowest BCUT2D eigenvalue weighted by molar-refractivity contribution is 0.270. The molecule has 0 saturated carbocycles. The maximum atomic E-state index is 5.85. The van der Waals surface area contributed by atoms with Crippen molar-refractivity contribution in [3.8, 4) is 5.75 Å². The molecule has 0 aliphatic rings. The lowest BCUT2D eigenvalue weighted by atomic mass is 10.2. The van der Waals surface area contributed by atoms with Crippen molar-refractivity contribution in [2.45, 2.75) is 13.8 Å². The predicted octanol–water partition coefficient (Wildman–Crippen LogP) is 4.02. The van der Waals surface area contributed by atoms with Crippen molar-refractivity contribution >= 4 is 17.7 Å². The molecule has 1 aromatic rings. The molecular weight excluding hydrogens is 196 g/mol. The number of ether oxygens (including phenoxy) is 1. The third-order valence-electron chi connectivity index (χ3n) is 1.76. The van der Waals surface area contributed by atoms with Crippen molar-refractivity contribution in [1.29, 1.82) is 0 Å². The highest BCUT2D eigenvalue weighted by Gasteiger charge is 2.02. The van der Waals surface area contributed by atoms with Crippen LogP contribution >= 0.6 is 11.6 Å². The van der Waals surface area contributed by atoms with Crippen LogP contribution < -0.4 is 4.74 Å². The third-order valence-corrected chi connectivity index (χ3v) is 2.00. The van der Waals surface area contributed by atoms with Gasteiger partial charge in [0.2, 0.25) is 0 Å². The van der Waals surface area contributed by atoms with E-state index in [1.807, 2.05) is 18.2 Å². The largest absolute Gasteiger partial charge is 0.493 e. The van der Waals surface area contributed by atoms with Crippen LogP contribution in [0.4, 0.5) is 0 Å². The Hall–Kier alpha value is -0.950. The van der Waals surface area contributed by atoms with Crippen LogP contribution in [0.25, 0.3) is 6.08 Å². The number of rotatable bonds is 4. The lowest BCUT2D eigenvalue weighted by Gasteiger charge is -2.11. The van der Waals surface area contributed by atoms with Crippen LogP contribution in [0.1, 0.15) is 19.4 Å². The molecule has 1 rings (SSSR count). The summed E-state index contributed by atoms with van der Waals surface area (Å²) in [5.41, 5.74) is 0.943. The molecule has 0 heterocycles. The van der Waals surface area contributed by atoms with Gasteiger partial charge in [-0.2, -0.15) is 0 Å². The Balaban J connectivity index is 2.80. The Kier molecular flexibility index (Phi) is 4.02. The van der Waals surface area contributed by atoms with Crippen molar-refractivity contribution in [2.24, 2.45) is 5.92 Å². The molecule has 76 valence electrons. The normalized spacial score (nSPS) is 10.3. The highest BCUT2D eigenvalue weighted by atomic mass is 35.5. The zero-order valence-corrected chi connectivity index (χ0v) is 9.34. The average Bonchev–Trinajstić information content (AvgIpc) is 2.15. The van der Waals surface area contributed by atoms with E-state index in [0.717, 1.165) is 11.3 Å². The van der Waals surface area contributed by atoms with Crippen molar-refractivity contribution < 1.29 is 4.74 Å². The molecule has 0 aromatic heterocycles. The summed E-state index contributed by atoms with van der Waals surface area (Å²) in [4.78, 5) is 0. The first-order valence-corrected chi connectivity index (χ1v) is 5.06. The topological polar surface area (TPSA) is 9.23 Å². The number of benzene rings is 1. The van der Waals surface area contributed by atoms with Crippen molar-refractivity contribution in [1.82, 2.24) is 0 Å². The molecule has 0 saturated heterocycles. The molecule has 0 aliphatic heterocycles. The SMILES string of the molecule is C=Cc1cc(Cl)ccc1OCC(C)C. The van der Waals surface area contributed by atoms with Gasteiger partial charge in [-0.15, -0.1) is 0 Å². The summed E-state index contributed by atoms with van der Waals surface area (Å²) in [5.74, 6) is 1.36. The highest BCUT2D eigenvalue weighted by molar-refractivity contribution is 6.30. The Morgan fingerprint density at radius 3 is 2.79 bits per heavy atom. The quantitative estimate of drug-likeness (QED) is 0.730. The second-order valence-corrected chi connectivity index (χ2v) is 4.03. The van der Waals surface area contributed by atoms with E-state index in [1.54, 1.807) is 6.08 Å². The van der Waals surface area contributed by atoms with E-state index >= 15 is 0 Å². The fourth-order valence-corrected chi connectivity index (χ4v) is 1.25. The summed E-state index contributed by atoms with van der Waals surface area (Å²) < 4.78 is 5.61. The van der Waals surface area contributed by atoms with Gasteiger partial charge in [-0.3, -0.25) is 0 Å². The van der Waals surface area contributed by atoms with Gasteiger partial charge in [0, 0.05) is 10.6 Å². The van der Waals surface area contributed by atoms with E-state index in [1.165, 1.54) is 0 Å². The molecule has 1 aromatic carbocycles. The van der Waals surface area contributed by atoms with E-state index in [2.05, 4.69) is 20.4 Å². The third kappa shape index (κ3) is 3.08. The van der Waals surface area contributed by atoms with Crippen molar-refractivity contribution in [3.05, 3.63) is 35.4 Å². The Labute approximate surface area is 90.3 Å². The molecule has 14 heavy (non-hydrogen) atoms. The maximum Gasteiger partial charge on any atom is 0.126 e. The van der Waals surface area contributed by atoms with E-state index in [9.17, 15) is 0 Å². The molecule has 2 heteroatoms. The summed E-state index contributed by atoms with van der Waals surface area (Å²) in [6, 6.07) is 5.55. The fourth-order valence-electron chi connectivity index (χ4n) is 1.07. The van der Waals surface area contributed by atoms with Gasteiger partial charge in [0.1, 0.15) is 5.75 Å². The van der Waals surface area contributed by atoms with Gasteiger partial charge in [-0.1, -0.05) is 38.1 Å². The number of halogens is 1. The van der Waals surface area contributed by atoms with Gasteiger partial charge in [0.05, 0.1) is 6.61 Å². The summed E-state index contributed by atoms with van der Waals surface area (Å²) in [5, 5.41) is 0.705. The van der Waals surface area contributed by atoms with Gasteiger partial charge in [0.15, 0.2) is 0 Å². The minimum absolute atomic E-state index is 0.517. The van der Waals surface area contributed by atoms with Gasteiger partial charge >= 0.3 is 0 Å². The minimum atomic E-state index is 0.517. The first kappa shape index (κ1) is 11.1. The van der Waals surface area contributed by atoms with Crippen LogP contribution in [-0.2, 0) is 0 Å². The van der Waals surface area contributed by atoms with E-state index < -0.39 is 0 Å². The van der Waals surface area contributed by atoms with Gasteiger partial charge < -0.3 is 4.74 Å². The zero-order chi connectivity index (χ0) is 10.6. The van der Waals surface area contributed by atoms with Gasteiger partial charge in [-0.05, 0) is 24.1 Å². The highest BCUT2D eigenvalue weighted by Crippen LogP contribution is 2.24. The Bertz CT molecular complexity index is 318. The van der Waals surface area contributed by atoms with Crippen LogP contribution in [0.3, 0.4) is 0 Å². The zero-order valence-electron chi connectivity index (χ0n) is 8.59. The molecule has 0 fully saturated rings. The van der Waals surface area contributed by atoms with Crippen LogP contribution in [-0.4, -0.2) is 6.61 Å². The van der Waals surface area contributed by atoms with Crippen molar-refractivity contribution in [3.63, 3.8) is 0 Å². The number of hydrogen-bond donors (Lipinski definition) is 0. The van der Waals surface area contributed by atoms with Crippen LogP contribution in [0.5, 0.6) is 5.75 Å². The molecule has 0 radical (unpaired) electrons. The second kappa shape index (κ2) is 5.06. The van der Waals surface area contributed by atoms with Crippen molar-refractivity contribution in [2.75, 3.05) is 6.61 Å². The van der Waals surface area contributed by atoms with Crippen LogP contribution in [0.15, 0.2) is 24.8 Å². The molecule has 0 bridgehead atoms. The maximum absolute atomic E-state index is 5.85. The second-order valence-electron chi connectivity index (χ2n) is 3.59. The molecule has 0 amide bonds. The molecular formula is C12H15ClO. The summed E-state index contributed by atoms with van der Waals surface area (Å²) in [6.45, 7) is 8.66. The molecule has 0 unspecified atom stereocenters. The Morgan fingerprint density at radius 1 is 1.50 bits per heavy atom. The molecule has 0 spiro atoms. The average molecular weight is 211 g/mol. The molecule has 1 nitrogen and oxygen atoms in total. The van der Waals surface area contributed by atoms with E-state index in [4.69, 9.17) is 16.3 Å². The van der Waals surface area contributed by atoms with Gasteiger partial charge in [0.25, 0.3) is 0 Å². The summed E-state index contributed by atoms with van der Waals surface area (Å²) in [6.07, 6.45) is 1.75. The lowest BCUT2D eigenvalue weighted by Crippen LogP contribution is -2.05. The predicted molar refractivity (Wildman–Crippen MR) is 61.9 cm³/mol. The van der Waals surface area contributed by atoms with Gasteiger partial charge in [-0.25, -0.2) is 0 Å². The summed E-state index contributed by atoms with van der Waals surface area (Å²) in [7, 11) is 0. The smallest absolute Gasteiger partial charge is 0.126 e. The Morgan fingerprint density at radius 2 is 2.21 bits per heavy atom. The summed E-state index contributed by atoms with van der Waals surface area (Å²) >= 11 is 5.85. The van der Waals surface area contributed by atoms with E-state index in [0.29, 0.717) is 17.5 Å². The minimum Gasteiger partial charge on any atom is -0.493 e. The standard InChI is InChI=1S/C12H15ClO/c1-4-10-7-11(13)5-6-12(10)14-8-9(2)3/h4-7,9H,1,8H2,2-3H3. The fraction of sp³-hybridized carbons (Fsp3) is 0.333. The molecule has 0 aliphatic carbocycles. The van der Waals surface area contributed by atoms with Crippen LogP contribution in [0.2, 0.25) is 5.02 Å². The molecule has 0 N–H and O–H groups in total.